The number of amides is 2. The Morgan fingerprint density at radius 2 is 1.82 bits per heavy atom. The smallest absolute Gasteiger partial charge is 0.289 e. The number of nitrogens with zero attached hydrogens (tertiary/aromatic N) is 5. The summed E-state index contributed by atoms with van der Waals surface area (Å²) >= 11 is 0. The molecule has 0 aliphatic carbocycles. The molecule has 150 valence electrons. The maximum atomic E-state index is 12.9. The zero-order valence-electron chi connectivity index (χ0n) is 16.7. The highest BCUT2D eigenvalue weighted by Gasteiger charge is 2.27. The largest absolute Gasteiger partial charge is 0.459 e. The van der Waals surface area contributed by atoms with E-state index in [2.05, 4.69) is 16.9 Å². The molecule has 0 saturated carbocycles. The first kappa shape index (κ1) is 19.9. The second kappa shape index (κ2) is 8.86. The van der Waals surface area contributed by atoms with Crippen LogP contribution in [0.3, 0.4) is 0 Å². The van der Waals surface area contributed by atoms with Gasteiger partial charge in [-0.15, -0.1) is 0 Å². The molecule has 1 aliphatic heterocycles. The third kappa shape index (κ3) is 4.49. The first-order valence-corrected chi connectivity index (χ1v) is 9.68. The molecule has 28 heavy (non-hydrogen) atoms. The summed E-state index contributed by atoms with van der Waals surface area (Å²) in [4.78, 5) is 39.7. The number of carbonyl (C=O) groups is 2. The van der Waals surface area contributed by atoms with Gasteiger partial charge in [0.05, 0.1) is 6.26 Å². The molecule has 0 bridgehead atoms. The van der Waals surface area contributed by atoms with E-state index in [0.717, 1.165) is 25.1 Å². The highest BCUT2D eigenvalue weighted by molar-refractivity contribution is 5.94. The van der Waals surface area contributed by atoms with E-state index in [1.54, 1.807) is 28.0 Å². The van der Waals surface area contributed by atoms with Gasteiger partial charge in [0.1, 0.15) is 5.69 Å². The van der Waals surface area contributed by atoms with Gasteiger partial charge in [0.15, 0.2) is 5.76 Å². The number of aryl methyl sites for hydroxylation is 1. The van der Waals surface area contributed by atoms with Gasteiger partial charge in [-0.2, -0.15) is 0 Å². The lowest BCUT2D eigenvalue weighted by Crippen LogP contribution is -2.50. The summed E-state index contributed by atoms with van der Waals surface area (Å²) in [5.74, 6) is 0.630. The number of aromatic nitrogens is 2. The van der Waals surface area contributed by atoms with Crippen LogP contribution in [0.25, 0.3) is 0 Å². The monoisotopic (exact) mass is 385 g/mol. The lowest BCUT2D eigenvalue weighted by atomic mass is 10.2. The van der Waals surface area contributed by atoms with Crippen LogP contribution in [0.5, 0.6) is 0 Å². The number of hydrogen-bond donors (Lipinski definition) is 0. The van der Waals surface area contributed by atoms with Crippen LogP contribution in [0, 0.1) is 6.92 Å². The molecule has 0 spiro atoms. The van der Waals surface area contributed by atoms with Crippen molar-refractivity contribution in [2.75, 3.05) is 44.7 Å². The minimum absolute atomic E-state index is 0.124. The van der Waals surface area contributed by atoms with E-state index >= 15 is 0 Å². The Kier molecular flexibility index (Phi) is 6.28. The number of unbranched alkanes of at least 4 members (excludes halogenated alkanes) is 1. The van der Waals surface area contributed by atoms with E-state index < -0.39 is 0 Å². The number of carbonyl (C=O) groups excluding carboxylic acids is 2. The number of piperazine rings is 1. The van der Waals surface area contributed by atoms with Crippen molar-refractivity contribution in [2.45, 2.75) is 26.7 Å². The topological polar surface area (TPSA) is 82.8 Å². The van der Waals surface area contributed by atoms with Crippen molar-refractivity contribution >= 4 is 17.8 Å². The van der Waals surface area contributed by atoms with Gasteiger partial charge >= 0.3 is 0 Å². The van der Waals surface area contributed by atoms with Crippen LogP contribution >= 0.6 is 0 Å². The molecular weight excluding hydrogens is 358 g/mol. The molecule has 8 heteroatoms. The first-order valence-electron chi connectivity index (χ1n) is 9.68. The zero-order chi connectivity index (χ0) is 20.1. The fraction of sp³-hybridized carbons (Fsp3) is 0.500. The molecule has 2 aromatic heterocycles. The molecule has 8 nitrogen and oxygen atoms in total. The molecule has 0 N–H and O–H groups in total. The van der Waals surface area contributed by atoms with E-state index in [9.17, 15) is 9.59 Å². The van der Waals surface area contributed by atoms with E-state index in [1.165, 1.54) is 6.26 Å². The molecule has 3 heterocycles. The molecule has 0 atom stereocenters. The Morgan fingerprint density at radius 1 is 1.14 bits per heavy atom. The third-order valence-electron chi connectivity index (χ3n) is 4.84. The van der Waals surface area contributed by atoms with Gasteiger partial charge in [-0.05, 0) is 31.5 Å². The van der Waals surface area contributed by atoms with Crippen LogP contribution in [0.15, 0.2) is 28.9 Å². The normalized spacial score (nSPS) is 14.2. The fourth-order valence-corrected chi connectivity index (χ4v) is 3.16. The average molecular weight is 385 g/mol. The number of furan rings is 1. The maximum Gasteiger partial charge on any atom is 0.289 e. The molecule has 3 rings (SSSR count). The Labute approximate surface area is 165 Å². The first-order chi connectivity index (χ1) is 13.5. The zero-order valence-corrected chi connectivity index (χ0v) is 16.7. The highest BCUT2D eigenvalue weighted by Crippen LogP contribution is 2.14. The third-order valence-corrected chi connectivity index (χ3v) is 4.84. The van der Waals surface area contributed by atoms with Crippen molar-refractivity contribution in [3.63, 3.8) is 0 Å². The van der Waals surface area contributed by atoms with Crippen molar-refractivity contribution in [3.05, 3.63) is 41.6 Å². The van der Waals surface area contributed by atoms with Crippen molar-refractivity contribution in [3.8, 4) is 0 Å². The van der Waals surface area contributed by atoms with Gasteiger partial charge in [0, 0.05) is 45.5 Å². The second-order valence-corrected chi connectivity index (χ2v) is 7.03. The Morgan fingerprint density at radius 3 is 2.43 bits per heavy atom. The maximum absolute atomic E-state index is 12.9. The van der Waals surface area contributed by atoms with Gasteiger partial charge in [-0.1, -0.05) is 13.3 Å². The second-order valence-electron chi connectivity index (χ2n) is 7.03. The van der Waals surface area contributed by atoms with Crippen molar-refractivity contribution in [1.29, 1.82) is 0 Å². The van der Waals surface area contributed by atoms with Crippen molar-refractivity contribution < 1.29 is 14.0 Å². The summed E-state index contributed by atoms with van der Waals surface area (Å²) in [7, 11) is 1.94. The summed E-state index contributed by atoms with van der Waals surface area (Å²) in [6, 6.07) is 5.07. The van der Waals surface area contributed by atoms with Crippen LogP contribution in [0.4, 0.5) is 5.95 Å². The van der Waals surface area contributed by atoms with Crippen LogP contribution in [0.1, 0.15) is 46.5 Å². The van der Waals surface area contributed by atoms with E-state index in [4.69, 9.17) is 4.42 Å². The molecule has 0 aromatic carbocycles. The molecular formula is C20H27N5O3. The van der Waals surface area contributed by atoms with Gasteiger partial charge in [0.2, 0.25) is 5.95 Å². The molecule has 1 aliphatic rings. The Bertz CT molecular complexity index is 813. The summed E-state index contributed by atoms with van der Waals surface area (Å²) < 4.78 is 5.18. The Hall–Kier alpha value is -2.90. The number of rotatable bonds is 6. The van der Waals surface area contributed by atoms with Crippen molar-refractivity contribution in [1.82, 2.24) is 19.8 Å². The molecule has 0 unspecified atom stereocenters. The summed E-state index contributed by atoms with van der Waals surface area (Å²) in [5, 5.41) is 0. The van der Waals surface area contributed by atoms with Gasteiger partial charge < -0.3 is 19.1 Å². The number of hydrogen-bond acceptors (Lipinski definition) is 6. The molecule has 1 fully saturated rings. The van der Waals surface area contributed by atoms with Crippen LogP contribution in [-0.4, -0.2) is 71.4 Å². The van der Waals surface area contributed by atoms with E-state index in [-0.39, 0.29) is 11.8 Å². The Balaban J connectivity index is 1.65. The van der Waals surface area contributed by atoms with E-state index in [1.807, 2.05) is 18.9 Å². The molecule has 1 saturated heterocycles. The summed E-state index contributed by atoms with van der Waals surface area (Å²) in [6.45, 7) is 6.73. The standard InChI is InChI=1S/C20H27N5O3/c1-4-5-8-23(3)20-21-15(2)14-16(22-20)18(26)24-9-11-25(12-10-24)19(27)17-7-6-13-28-17/h6-7,13-14H,4-5,8-12H2,1-3H3. The van der Waals surface area contributed by atoms with Crippen molar-refractivity contribution in [2.24, 2.45) is 0 Å². The lowest BCUT2D eigenvalue weighted by molar-refractivity contribution is 0.0515. The lowest BCUT2D eigenvalue weighted by Gasteiger charge is -2.34. The predicted molar refractivity (Wildman–Crippen MR) is 105 cm³/mol. The van der Waals surface area contributed by atoms with Crippen LogP contribution in [-0.2, 0) is 0 Å². The minimum atomic E-state index is -0.144. The van der Waals surface area contributed by atoms with Gasteiger partial charge in [-0.25, -0.2) is 9.97 Å². The molecule has 0 radical (unpaired) electrons. The predicted octanol–water partition coefficient (Wildman–Crippen LogP) is 2.21. The van der Waals surface area contributed by atoms with Gasteiger partial charge in [-0.3, -0.25) is 9.59 Å². The average Bonchev–Trinajstić information content (AvgIpc) is 3.25. The number of anilines is 1. The van der Waals surface area contributed by atoms with Crippen LogP contribution < -0.4 is 4.90 Å². The molecule has 2 aromatic rings. The van der Waals surface area contributed by atoms with E-state index in [0.29, 0.717) is 43.6 Å². The summed E-state index contributed by atoms with van der Waals surface area (Å²) in [5.41, 5.74) is 1.17. The quantitative estimate of drug-likeness (QED) is 0.758. The summed E-state index contributed by atoms with van der Waals surface area (Å²) in [6.07, 6.45) is 3.62. The van der Waals surface area contributed by atoms with Gasteiger partial charge in [0.25, 0.3) is 11.8 Å². The highest BCUT2D eigenvalue weighted by atomic mass is 16.3. The fourth-order valence-electron chi connectivity index (χ4n) is 3.16. The van der Waals surface area contributed by atoms with Crippen LogP contribution in [0.2, 0.25) is 0 Å². The molecule has 2 amide bonds. The SMILES string of the molecule is CCCCN(C)c1nc(C)cc(C(=O)N2CCN(C(=O)c3ccco3)CC2)n1. The minimum Gasteiger partial charge on any atom is -0.459 e.